The lowest BCUT2D eigenvalue weighted by Crippen LogP contribution is -2.20. The van der Waals surface area contributed by atoms with E-state index in [1.165, 1.54) is 13.1 Å². The molecule has 7 heteroatoms. The molecule has 0 unspecified atom stereocenters. The predicted molar refractivity (Wildman–Crippen MR) is 72.1 cm³/mol. The van der Waals surface area contributed by atoms with Gasteiger partial charge in [0.1, 0.15) is 4.90 Å². The molecule has 0 radical (unpaired) electrons. The van der Waals surface area contributed by atoms with Gasteiger partial charge in [-0.1, -0.05) is 0 Å². The molecule has 6 nitrogen and oxygen atoms in total. The van der Waals surface area contributed by atoms with Gasteiger partial charge in [-0.2, -0.15) is 0 Å². The topological polar surface area (TPSA) is 93.5 Å². The predicted octanol–water partition coefficient (Wildman–Crippen LogP) is 0.625. The fourth-order valence-electron chi connectivity index (χ4n) is 1.46. The molecule has 0 bridgehead atoms. The van der Waals surface area contributed by atoms with Crippen molar-refractivity contribution < 1.29 is 13.2 Å². The molecule has 4 N–H and O–H groups in total. The van der Waals surface area contributed by atoms with E-state index in [9.17, 15) is 8.42 Å². The third kappa shape index (κ3) is 3.86. The van der Waals surface area contributed by atoms with E-state index >= 15 is 0 Å². The smallest absolute Gasteiger partial charge is 0.242 e. The number of nitrogens with two attached hydrogens (primary N) is 1. The minimum absolute atomic E-state index is 0.155. The number of sulfonamides is 1. The van der Waals surface area contributed by atoms with E-state index in [2.05, 4.69) is 10.0 Å². The summed E-state index contributed by atoms with van der Waals surface area (Å²) >= 11 is 0. The molecule has 0 aliphatic rings. The number of ether oxygens (including phenoxy) is 1. The first-order chi connectivity index (χ1) is 8.51. The second-order valence-electron chi connectivity index (χ2n) is 3.74. The molecule has 0 aliphatic heterocycles. The summed E-state index contributed by atoms with van der Waals surface area (Å²) in [5.74, 6) is 0. The molecule has 0 spiro atoms. The first-order valence-electron chi connectivity index (χ1n) is 5.57. The molecule has 0 aromatic heterocycles. The van der Waals surface area contributed by atoms with Gasteiger partial charge in [0.05, 0.1) is 5.69 Å². The lowest BCUT2D eigenvalue weighted by molar-refractivity contribution is 0.198. The fourth-order valence-corrected chi connectivity index (χ4v) is 2.40. The van der Waals surface area contributed by atoms with Crippen LogP contribution in [-0.2, 0) is 14.8 Å². The highest BCUT2D eigenvalue weighted by Gasteiger charge is 2.16. The molecular weight excluding hydrogens is 254 g/mol. The molecule has 0 aliphatic carbocycles. The van der Waals surface area contributed by atoms with Gasteiger partial charge in [-0.25, -0.2) is 13.1 Å². The summed E-state index contributed by atoms with van der Waals surface area (Å²) in [5.41, 5.74) is 6.56. The third-order valence-electron chi connectivity index (χ3n) is 2.40. The van der Waals surface area contributed by atoms with Crippen LogP contribution in [0.3, 0.4) is 0 Å². The number of hydrogen-bond donors (Lipinski definition) is 3. The summed E-state index contributed by atoms with van der Waals surface area (Å²) in [6.45, 7) is 1.25. The quantitative estimate of drug-likeness (QED) is 0.500. The minimum Gasteiger partial charge on any atom is -0.399 e. The standard InChI is InChI=1S/C11H19N3O3S/c1-13-18(15,16)11-8-9(12)4-5-10(11)14-6-3-7-17-2/h4-5,8,13-14H,3,6-7,12H2,1-2H3. The Hall–Kier alpha value is -1.31. The molecule has 0 atom stereocenters. The number of hydrogen-bond acceptors (Lipinski definition) is 5. The molecule has 1 aromatic rings. The molecule has 1 aromatic carbocycles. The van der Waals surface area contributed by atoms with Crippen LogP contribution in [0.4, 0.5) is 11.4 Å². The number of anilines is 2. The normalized spacial score (nSPS) is 11.4. The first kappa shape index (κ1) is 14.7. The summed E-state index contributed by atoms with van der Waals surface area (Å²) in [6, 6.07) is 4.75. The highest BCUT2D eigenvalue weighted by Crippen LogP contribution is 2.23. The highest BCUT2D eigenvalue weighted by molar-refractivity contribution is 7.89. The molecule has 0 saturated carbocycles. The van der Waals surface area contributed by atoms with Crippen molar-refractivity contribution in [2.45, 2.75) is 11.3 Å². The SMILES string of the molecule is CNS(=O)(=O)c1cc(N)ccc1NCCCOC. The number of nitrogens with one attached hydrogen (secondary N) is 2. The Kier molecular flexibility index (Phi) is 5.39. The van der Waals surface area contributed by atoms with Gasteiger partial charge in [0, 0.05) is 25.9 Å². The maximum absolute atomic E-state index is 11.8. The maximum Gasteiger partial charge on any atom is 0.242 e. The highest BCUT2D eigenvalue weighted by atomic mass is 32.2. The van der Waals surface area contributed by atoms with Crippen LogP contribution < -0.4 is 15.8 Å². The molecule has 0 saturated heterocycles. The van der Waals surface area contributed by atoms with Crippen LogP contribution in [0, 0.1) is 0 Å². The van der Waals surface area contributed by atoms with E-state index < -0.39 is 10.0 Å². The molecule has 1 rings (SSSR count). The molecule has 102 valence electrons. The Morgan fingerprint density at radius 3 is 2.72 bits per heavy atom. The zero-order valence-corrected chi connectivity index (χ0v) is 11.4. The third-order valence-corrected chi connectivity index (χ3v) is 3.86. The molecule has 18 heavy (non-hydrogen) atoms. The second-order valence-corrected chi connectivity index (χ2v) is 5.59. The number of nitrogen functional groups attached to an aromatic ring is 1. The van der Waals surface area contributed by atoms with Gasteiger partial charge in [-0.3, -0.25) is 0 Å². The van der Waals surface area contributed by atoms with Gasteiger partial charge < -0.3 is 15.8 Å². The maximum atomic E-state index is 11.8. The van der Waals surface area contributed by atoms with E-state index in [1.807, 2.05) is 0 Å². The Labute approximate surface area is 108 Å². The molecule has 0 fully saturated rings. The summed E-state index contributed by atoms with van der Waals surface area (Å²) in [5, 5.41) is 3.06. The summed E-state index contributed by atoms with van der Waals surface area (Å²) in [4.78, 5) is 0.155. The largest absolute Gasteiger partial charge is 0.399 e. The Bertz CT molecular complexity index is 488. The van der Waals surface area contributed by atoms with Crippen molar-refractivity contribution in [3.8, 4) is 0 Å². The van der Waals surface area contributed by atoms with Crippen molar-refractivity contribution in [2.24, 2.45) is 0 Å². The second kappa shape index (κ2) is 6.58. The Morgan fingerprint density at radius 1 is 1.39 bits per heavy atom. The van der Waals surface area contributed by atoms with E-state index in [-0.39, 0.29) is 4.90 Å². The molecule has 0 amide bonds. The van der Waals surface area contributed by atoms with Gasteiger partial charge in [0.2, 0.25) is 10.0 Å². The van der Waals surface area contributed by atoms with Crippen LogP contribution in [0.2, 0.25) is 0 Å². The van der Waals surface area contributed by atoms with Gasteiger partial charge in [0.25, 0.3) is 0 Å². The minimum atomic E-state index is -3.52. The van der Waals surface area contributed by atoms with Crippen molar-refractivity contribution in [1.82, 2.24) is 4.72 Å². The summed E-state index contributed by atoms with van der Waals surface area (Å²) in [7, 11) is -0.524. The Balaban J connectivity index is 2.91. The molecular formula is C11H19N3O3S. The number of benzene rings is 1. The summed E-state index contributed by atoms with van der Waals surface area (Å²) in [6.07, 6.45) is 0.792. The van der Waals surface area contributed by atoms with E-state index in [1.54, 1.807) is 19.2 Å². The van der Waals surface area contributed by atoms with Crippen molar-refractivity contribution in [2.75, 3.05) is 38.4 Å². The van der Waals surface area contributed by atoms with Crippen molar-refractivity contribution in [3.05, 3.63) is 18.2 Å². The van der Waals surface area contributed by atoms with Crippen LogP contribution >= 0.6 is 0 Å². The van der Waals surface area contributed by atoms with Gasteiger partial charge in [0.15, 0.2) is 0 Å². The van der Waals surface area contributed by atoms with Gasteiger partial charge >= 0.3 is 0 Å². The van der Waals surface area contributed by atoms with Gasteiger partial charge in [-0.05, 0) is 31.7 Å². The Morgan fingerprint density at radius 2 is 2.11 bits per heavy atom. The molecule has 0 heterocycles. The lowest BCUT2D eigenvalue weighted by atomic mass is 10.3. The van der Waals surface area contributed by atoms with Crippen molar-refractivity contribution >= 4 is 21.4 Å². The zero-order chi connectivity index (χ0) is 13.6. The van der Waals surface area contributed by atoms with E-state index in [0.717, 1.165) is 6.42 Å². The lowest BCUT2D eigenvalue weighted by Gasteiger charge is -2.12. The average Bonchev–Trinajstić information content (AvgIpc) is 2.36. The number of methoxy groups -OCH3 is 1. The van der Waals surface area contributed by atoms with Crippen LogP contribution in [-0.4, -0.2) is 35.7 Å². The van der Waals surface area contributed by atoms with Gasteiger partial charge in [-0.15, -0.1) is 0 Å². The average molecular weight is 273 g/mol. The number of rotatable bonds is 7. The monoisotopic (exact) mass is 273 g/mol. The van der Waals surface area contributed by atoms with E-state index in [0.29, 0.717) is 24.5 Å². The fraction of sp³-hybridized carbons (Fsp3) is 0.455. The van der Waals surface area contributed by atoms with Crippen LogP contribution in [0.1, 0.15) is 6.42 Å². The first-order valence-corrected chi connectivity index (χ1v) is 7.05. The van der Waals surface area contributed by atoms with Crippen molar-refractivity contribution in [3.63, 3.8) is 0 Å². The van der Waals surface area contributed by atoms with Crippen LogP contribution in [0.5, 0.6) is 0 Å². The van der Waals surface area contributed by atoms with Crippen LogP contribution in [0.25, 0.3) is 0 Å². The zero-order valence-electron chi connectivity index (χ0n) is 10.6. The van der Waals surface area contributed by atoms with Crippen LogP contribution in [0.15, 0.2) is 23.1 Å². The van der Waals surface area contributed by atoms with Crippen molar-refractivity contribution in [1.29, 1.82) is 0 Å². The van der Waals surface area contributed by atoms with E-state index in [4.69, 9.17) is 10.5 Å². The summed E-state index contributed by atoms with van der Waals surface area (Å²) < 4.78 is 30.9.